The maximum absolute atomic E-state index is 12.3. The van der Waals surface area contributed by atoms with E-state index in [9.17, 15) is 9.59 Å². The molecule has 24 heavy (non-hydrogen) atoms. The Hall–Kier alpha value is -2.62. The normalized spacial score (nSPS) is 13.5. The highest BCUT2D eigenvalue weighted by molar-refractivity contribution is 5.78. The highest BCUT2D eigenvalue weighted by Crippen LogP contribution is 2.33. The van der Waals surface area contributed by atoms with Crippen molar-refractivity contribution in [1.29, 1.82) is 0 Å². The van der Waals surface area contributed by atoms with Gasteiger partial charge in [-0.25, -0.2) is 4.79 Å². The van der Waals surface area contributed by atoms with Gasteiger partial charge >= 0.3 is 6.09 Å². The van der Waals surface area contributed by atoms with E-state index in [1.54, 1.807) is 4.90 Å². The summed E-state index contributed by atoms with van der Waals surface area (Å²) in [5.41, 5.74) is 4.57. The Bertz CT molecular complexity index is 772. The lowest BCUT2D eigenvalue weighted by Crippen LogP contribution is -2.33. The Balaban J connectivity index is 1.87. The van der Waals surface area contributed by atoms with E-state index < -0.39 is 5.60 Å². The van der Waals surface area contributed by atoms with Crippen LogP contribution in [0, 0.1) is 0 Å². The number of hydrogen-bond acceptors (Lipinski definition) is 3. The van der Waals surface area contributed by atoms with Crippen molar-refractivity contribution in [2.45, 2.75) is 39.5 Å². The lowest BCUT2D eigenvalue weighted by molar-refractivity contribution is 0.0242. The van der Waals surface area contributed by atoms with Gasteiger partial charge in [0, 0.05) is 12.1 Å². The van der Waals surface area contributed by atoms with E-state index in [1.807, 2.05) is 63.2 Å². The molecule has 4 nitrogen and oxygen atoms in total. The van der Waals surface area contributed by atoms with Crippen LogP contribution < -0.4 is 0 Å². The van der Waals surface area contributed by atoms with E-state index in [-0.39, 0.29) is 6.09 Å². The highest BCUT2D eigenvalue weighted by Gasteiger charge is 2.29. The Morgan fingerprint density at radius 3 is 2.42 bits per heavy atom. The monoisotopic (exact) mass is 323 g/mol. The van der Waals surface area contributed by atoms with Gasteiger partial charge in [0.2, 0.25) is 0 Å². The fraction of sp³-hybridized carbons (Fsp3) is 0.300. The van der Waals surface area contributed by atoms with Gasteiger partial charge in [-0.05, 0) is 43.0 Å². The quantitative estimate of drug-likeness (QED) is 0.769. The van der Waals surface area contributed by atoms with E-state index in [0.717, 1.165) is 28.5 Å². The number of hydrogen-bond donors (Lipinski definition) is 0. The molecule has 1 aliphatic heterocycles. The van der Waals surface area contributed by atoms with Crippen molar-refractivity contribution < 1.29 is 14.3 Å². The van der Waals surface area contributed by atoms with Crippen LogP contribution in [0.15, 0.2) is 42.5 Å². The van der Waals surface area contributed by atoms with Crippen molar-refractivity contribution in [3.05, 3.63) is 59.2 Å². The number of fused-ring (bicyclic) bond motifs is 1. The average Bonchev–Trinajstić information content (AvgIpc) is 2.97. The summed E-state index contributed by atoms with van der Waals surface area (Å²) in [7, 11) is 0. The van der Waals surface area contributed by atoms with E-state index in [2.05, 4.69) is 0 Å². The first-order valence-corrected chi connectivity index (χ1v) is 8.02. The Kier molecular flexibility index (Phi) is 4.14. The molecule has 0 fully saturated rings. The Labute approximate surface area is 142 Å². The maximum atomic E-state index is 12.3. The minimum atomic E-state index is -0.501. The van der Waals surface area contributed by atoms with E-state index in [0.29, 0.717) is 18.7 Å². The predicted octanol–water partition coefficient (Wildman–Crippen LogP) is 4.42. The third-order valence-electron chi connectivity index (χ3n) is 3.99. The molecule has 2 aromatic carbocycles. The number of ether oxygens (including phenoxy) is 1. The number of carbonyl (C=O) groups is 2. The summed E-state index contributed by atoms with van der Waals surface area (Å²) in [6.45, 7) is 6.71. The topological polar surface area (TPSA) is 46.6 Å². The van der Waals surface area contributed by atoms with Gasteiger partial charge in [-0.1, -0.05) is 42.5 Å². The molecule has 0 atom stereocenters. The highest BCUT2D eigenvalue weighted by atomic mass is 16.6. The van der Waals surface area contributed by atoms with Gasteiger partial charge in [-0.15, -0.1) is 0 Å². The number of amides is 1. The molecule has 1 heterocycles. The first-order valence-electron chi connectivity index (χ1n) is 8.02. The van der Waals surface area contributed by atoms with Crippen LogP contribution >= 0.6 is 0 Å². The van der Waals surface area contributed by atoms with Crippen molar-refractivity contribution in [3.63, 3.8) is 0 Å². The van der Waals surface area contributed by atoms with Gasteiger partial charge in [-0.3, -0.25) is 9.69 Å². The zero-order valence-electron chi connectivity index (χ0n) is 14.2. The summed E-state index contributed by atoms with van der Waals surface area (Å²) in [4.78, 5) is 24.9. The van der Waals surface area contributed by atoms with Crippen molar-refractivity contribution in [2.24, 2.45) is 0 Å². The van der Waals surface area contributed by atoms with E-state index in [1.165, 1.54) is 0 Å². The molecule has 1 amide bonds. The standard InChI is InChI=1S/C20H21NO3/c1-20(2,3)24-19(23)21-11-16-5-4-6-17(18(16)12-21)15-9-7-14(13-22)8-10-15/h4-10,13H,11-12H2,1-3H3. The average molecular weight is 323 g/mol. The van der Waals surface area contributed by atoms with Gasteiger partial charge in [0.05, 0.1) is 6.54 Å². The van der Waals surface area contributed by atoms with Gasteiger partial charge in [0.25, 0.3) is 0 Å². The predicted molar refractivity (Wildman–Crippen MR) is 92.7 cm³/mol. The second kappa shape index (κ2) is 6.11. The van der Waals surface area contributed by atoms with Crippen LogP contribution in [0.2, 0.25) is 0 Å². The summed E-state index contributed by atoms with van der Waals surface area (Å²) < 4.78 is 5.48. The number of carbonyl (C=O) groups excluding carboxylic acids is 2. The van der Waals surface area contributed by atoms with Gasteiger partial charge < -0.3 is 4.74 Å². The van der Waals surface area contributed by atoms with Crippen molar-refractivity contribution in [1.82, 2.24) is 4.90 Å². The molecule has 0 saturated heterocycles. The van der Waals surface area contributed by atoms with E-state index >= 15 is 0 Å². The molecule has 0 aliphatic carbocycles. The van der Waals surface area contributed by atoms with Crippen LogP contribution in [0.1, 0.15) is 42.3 Å². The summed E-state index contributed by atoms with van der Waals surface area (Å²) >= 11 is 0. The fourth-order valence-electron chi connectivity index (χ4n) is 2.89. The Morgan fingerprint density at radius 1 is 1.08 bits per heavy atom. The molecule has 0 N–H and O–H groups in total. The SMILES string of the molecule is CC(C)(C)OC(=O)N1Cc2cccc(-c3ccc(C=O)cc3)c2C1. The molecular formula is C20H21NO3. The zero-order chi connectivity index (χ0) is 17.3. The smallest absolute Gasteiger partial charge is 0.410 e. The summed E-state index contributed by atoms with van der Waals surface area (Å²) in [5, 5.41) is 0. The van der Waals surface area contributed by atoms with Crippen LogP contribution in [0.3, 0.4) is 0 Å². The van der Waals surface area contributed by atoms with Gasteiger partial charge in [0.1, 0.15) is 11.9 Å². The molecule has 0 unspecified atom stereocenters. The van der Waals surface area contributed by atoms with Crippen molar-refractivity contribution in [3.8, 4) is 11.1 Å². The van der Waals surface area contributed by atoms with Crippen molar-refractivity contribution >= 4 is 12.4 Å². The second-order valence-corrected chi connectivity index (χ2v) is 7.02. The minimum Gasteiger partial charge on any atom is -0.444 e. The second-order valence-electron chi connectivity index (χ2n) is 7.02. The van der Waals surface area contributed by atoms with Crippen LogP contribution in [-0.4, -0.2) is 22.9 Å². The summed E-state index contributed by atoms with van der Waals surface area (Å²) in [6.07, 6.45) is 0.546. The largest absolute Gasteiger partial charge is 0.444 e. The molecule has 0 spiro atoms. The number of benzene rings is 2. The van der Waals surface area contributed by atoms with Crippen LogP contribution in [0.4, 0.5) is 4.79 Å². The fourth-order valence-corrected chi connectivity index (χ4v) is 2.89. The molecule has 1 aliphatic rings. The third-order valence-corrected chi connectivity index (χ3v) is 3.99. The lowest BCUT2D eigenvalue weighted by Gasteiger charge is -2.24. The number of aldehydes is 1. The van der Waals surface area contributed by atoms with E-state index in [4.69, 9.17) is 4.74 Å². The molecule has 0 radical (unpaired) electrons. The molecule has 0 saturated carbocycles. The van der Waals surface area contributed by atoms with Crippen LogP contribution in [0.5, 0.6) is 0 Å². The summed E-state index contributed by atoms with van der Waals surface area (Å²) in [5.74, 6) is 0. The van der Waals surface area contributed by atoms with Crippen molar-refractivity contribution in [2.75, 3.05) is 0 Å². The minimum absolute atomic E-state index is 0.291. The third kappa shape index (κ3) is 3.32. The molecule has 4 heteroatoms. The lowest BCUT2D eigenvalue weighted by atomic mass is 9.96. The number of rotatable bonds is 2. The molecule has 0 aromatic heterocycles. The molecule has 2 aromatic rings. The van der Waals surface area contributed by atoms with Crippen LogP contribution in [0.25, 0.3) is 11.1 Å². The molecule has 0 bridgehead atoms. The molecule has 124 valence electrons. The van der Waals surface area contributed by atoms with Crippen LogP contribution in [-0.2, 0) is 17.8 Å². The van der Waals surface area contributed by atoms with Gasteiger partial charge in [0.15, 0.2) is 0 Å². The first-order chi connectivity index (χ1) is 11.4. The van der Waals surface area contributed by atoms with Gasteiger partial charge in [-0.2, -0.15) is 0 Å². The Morgan fingerprint density at radius 2 is 1.79 bits per heavy atom. The molecule has 3 rings (SSSR count). The number of nitrogens with zero attached hydrogens (tertiary/aromatic N) is 1. The maximum Gasteiger partial charge on any atom is 0.410 e. The summed E-state index contributed by atoms with van der Waals surface area (Å²) in [6, 6.07) is 13.6. The first kappa shape index (κ1) is 16.2. The molecular weight excluding hydrogens is 302 g/mol. The zero-order valence-corrected chi connectivity index (χ0v) is 14.2.